The molecule has 6 heteroatoms. The van der Waals surface area contributed by atoms with Crippen LogP contribution in [-0.4, -0.2) is 85.5 Å². The van der Waals surface area contributed by atoms with E-state index in [1.54, 1.807) is 7.11 Å². The fourth-order valence-electron chi connectivity index (χ4n) is 4.67. The second kappa shape index (κ2) is 8.04. The van der Waals surface area contributed by atoms with Gasteiger partial charge in [-0.2, -0.15) is 0 Å². The minimum Gasteiger partial charge on any atom is -0.384 e. The van der Waals surface area contributed by atoms with E-state index in [1.165, 1.54) is 0 Å². The molecule has 2 heterocycles. The first-order valence-electron chi connectivity index (χ1n) is 9.92. The Kier molecular flexibility index (Phi) is 6.00. The molecule has 0 N–H and O–H groups in total. The number of ether oxygens (including phenoxy) is 1. The predicted molar refractivity (Wildman–Crippen MR) is 96.2 cm³/mol. The van der Waals surface area contributed by atoms with Crippen LogP contribution in [0.4, 0.5) is 0 Å². The maximum Gasteiger partial charge on any atom is 0.239 e. The molecule has 6 nitrogen and oxygen atoms in total. The summed E-state index contributed by atoms with van der Waals surface area (Å²) in [6, 6.07) is 0.0544. The molecule has 1 atom stereocenters. The summed E-state index contributed by atoms with van der Waals surface area (Å²) in [6.07, 6.45) is 5.95. The fourth-order valence-corrected chi connectivity index (χ4v) is 4.67. The van der Waals surface area contributed by atoms with Gasteiger partial charge in [-0.25, -0.2) is 0 Å². The third-order valence-electron chi connectivity index (χ3n) is 6.33. The lowest BCUT2D eigenvalue weighted by molar-refractivity contribution is -0.152. The van der Waals surface area contributed by atoms with Gasteiger partial charge in [-0.15, -0.1) is 0 Å². The summed E-state index contributed by atoms with van der Waals surface area (Å²) in [6.45, 7) is 7.49. The van der Waals surface area contributed by atoms with Crippen LogP contribution in [0.25, 0.3) is 0 Å². The molecule has 2 saturated heterocycles. The molecular weight excluding hydrogens is 318 g/mol. The molecule has 142 valence electrons. The zero-order valence-corrected chi connectivity index (χ0v) is 15.8. The maximum atomic E-state index is 13.0. The number of rotatable bonds is 5. The highest BCUT2D eigenvalue weighted by atomic mass is 16.5. The second-order valence-electron chi connectivity index (χ2n) is 7.82. The van der Waals surface area contributed by atoms with Crippen LogP contribution in [0.1, 0.15) is 45.4 Å². The quantitative estimate of drug-likeness (QED) is 0.750. The van der Waals surface area contributed by atoms with Crippen molar-refractivity contribution in [3.8, 4) is 0 Å². The van der Waals surface area contributed by atoms with Gasteiger partial charge in [-0.1, -0.05) is 13.3 Å². The van der Waals surface area contributed by atoms with Gasteiger partial charge in [0.15, 0.2) is 0 Å². The summed E-state index contributed by atoms with van der Waals surface area (Å²) in [7, 11) is 1.68. The Labute approximate surface area is 151 Å². The van der Waals surface area contributed by atoms with Crippen molar-refractivity contribution < 1.29 is 14.3 Å². The van der Waals surface area contributed by atoms with E-state index < -0.39 is 0 Å². The Hall–Kier alpha value is -1.14. The van der Waals surface area contributed by atoms with E-state index in [2.05, 4.69) is 11.8 Å². The Morgan fingerprint density at radius 1 is 1.00 bits per heavy atom. The van der Waals surface area contributed by atoms with Crippen molar-refractivity contribution in [1.29, 1.82) is 0 Å². The monoisotopic (exact) mass is 351 g/mol. The topological polar surface area (TPSA) is 53.1 Å². The Morgan fingerprint density at radius 2 is 1.72 bits per heavy atom. The van der Waals surface area contributed by atoms with Gasteiger partial charge in [0.1, 0.15) is 0 Å². The Morgan fingerprint density at radius 3 is 2.36 bits per heavy atom. The maximum absolute atomic E-state index is 13.0. The van der Waals surface area contributed by atoms with Crippen LogP contribution in [0.2, 0.25) is 0 Å². The van der Waals surface area contributed by atoms with Crippen LogP contribution in [0.5, 0.6) is 0 Å². The number of amides is 2. The highest BCUT2D eigenvalue weighted by molar-refractivity contribution is 5.84. The van der Waals surface area contributed by atoms with Crippen LogP contribution >= 0.6 is 0 Å². The van der Waals surface area contributed by atoms with E-state index in [0.29, 0.717) is 19.7 Å². The number of carbonyl (C=O) groups excluding carboxylic acids is 2. The molecule has 2 aliphatic heterocycles. The van der Waals surface area contributed by atoms with Gasteiger partial charge in [-0.3, -0.25) is 14.5 Å². The molecule has 0 bridgehead atoms. The molecule has 0 unspecified atom stereocenters. The molecule has 1 saturated carbocycles. The summed E-state index contributed by atoms with van der Waals surface area (Å²) < 4.78 is 5.33. The van der Waals surface area contributed by atoms with E-state index >= 15 is 0 Å². The van der Waals surface area contributed by atoms with Gasteiger partial charge in [0.25, 0.3) is 0 Å². The van der Waals surface area contributed by atoms with E-state index in [1.807, 2.05) is 9.80 Å². The molecule has 0 aromatic heterocycles. The number of nitrogens with zero attached hydrogens (tertiary/aromatic N) is 3. The lowest BCUT2D eigenvalue weighted by Crippen LogP contribution is -2.51. The summed E-state index contributed by atoms with van der Waals surface area (Å²) >= 11 is 0. The zero-order chi connectivity index (χ0) is 17.9. The highest BCUT2D eigenvalue weighted by Crippen LogP contribution is 2.42. The minimum atomic E-state index is -0.293. The number of likely N-dealkylation sites (tertiary alicyclic amines) is 1. The van der Waals surface area contributed by atoms with E-state index in [0.717, 1.165) is 64.7 Å². The van der Waals surface area contributed by atoms with E-state index in [-0.39, 0.29) is 23.3 Å². The summed E-state index contributed by atoms with van der Waals surface area (Å²) in [5.74, 6) is 0.509. The SMILES string of the molecule is CCN1CCC[C@H]1C(=O)N1CCCN(C(=O)C2(COC)CCC2)CC1. The predicted octanol–water partition coefficient (Wildman–Crippen LogP) is 1.35. The standard InChI is InChI=1S/C19H33N3O3/c1-3-20-10-4-7-16(20)17(23)21-11-6-12-22(14-13-21)18(24)19(15-25-2)8-5-9-19/h16H,3-15H2,1-2H3/t16-/m0/s1. The molecule has 0 spiro atoms. The van der Waals surface area contributed by atoms with Crippen LogP contribution in [-0.2, 0) is 14.3 Å². The summed E-state index contributed by atoms with van der Waals surface area (Å²) in [5.41, 5.74) is -0.293. The fraction of sp³-hybridized carbons (Fsp3) is 0.895. The Balaban J connectivity index is 1.59. The zero-order valence-electron chi connectivity index (χ0n) is 15.8. The van der Waals surface area contributed by atoms with Gasteiger partial charge >= 0.3 is 0 Å². The van der Waals surface area contributed by atoms with Crippen LogP contribution < -0.4 is 0 Å². The molecular formula is C19H33N3O3. The molecule has 0 aromatic carbocycles. The number of hydrogen-bond donors (Lipinski definition) is 0. The van der Waals surface area contributed by atoms with Crippen molar-refractivity contribution in [3.05, 3.63) is 0 Å². The molecule has 2 amide bonds. The molecule has 3 fully saturated rings. The average molecular weight is 351 g/mol. The smallest absolute Gasteiger partial charge is 0.239 e. The van der Waals surface area contributed by atoms with Crippen LogP contribution in [0.3, 0.4) is 0 Å². The van der Waals surface area contributed by atoms with Crippen molar-refractivity contribution in [1.82, 2.24) is 14.7 Å². The molecule has 0 aromatic rings. The first-order chi connectivity index (χ1) is 12.1. The lowest BCUT2D eigenvalue weighted by Gasteiger charge is -2.42. The normalized spacial score (nSPS) is 27.0. The van der Waals surface area contributed by atoms with Crippen molar-refractivity contribution in [2.45, 2.75) is 51.5 Å². The summed E-state index contributed by atoms with van der Waals surface area (Å²) in [4.78, 5) is 32.2. The van der Waals surface area contributed by atoms with E-state index in [4.69, 9.17) is 4.74 Å². The number of hydrogen-bond acceptors (Lipinski definition) is 4. The van der Waals surface area contributed by atoms with Crippen LogP contribution in [0, 0.1) is 5.41 Å². The van der Waals surface area contributed by atoms with Crippen molar-refractivity contribution in [2.24, 2.45) is 5.41 Å². The molecule has 0 radical (unpaired) electrons. The van der Waals surface area contributed by atoms with Crippen molar-refractivity contribution >= 4 is 11.8 Å². The van der Waals surface area contributed by atoms with Gasteiger partial charge in [0, 0.05) is 33.3 Å². The largest absolute Gasteiger partial charge is 0.384 e. The molecule has 3 aliphatic rings. The second-order valence-corrected chi connectivity index (χ2v) is 7.82. The van der Waals surface area contributed by atoms with Crippen molar-refractivity contribution in [3.63, 3.8) is 0 Å². The van der Waals surface area contributed by atoms with Crippen LogP contribution in [0.15, 0.2) is 0 Å². The molecule has 3 rings (SSSR count). The minimum absolute atomic E-state index is 0.0544. The van der Waals surface area contributed by atoms with Gasteiger partial charge in [-0.05, 0) is 45.2 Å². The molecule has 1 aliphatic carbocycles. The summed E-state index contributed by atoms with van der Waals surface area (Å²) in [5, 5.41) is 0. The number of likely N-dealkylation sites (N-methyl/N-ethyl adjacent to an activating group) is 1. The number of carbonyl (C=O) groups is 2. The average Bonchev–Trinajstić information content (AvgIpc) is 2.93. The first kappa shape index (κ1) is 18.6. The first-order valence-corrected chi connectivity index (χ1v) is 9.92. The number of methoxy groups -OCH3 is 1. The third kappa shape index (κ3) is 3.70. The lowest BCUT2D eigenvalue weighted by atomic mass is 9.68. The highest BCUT2D eigenvalue weighted by Gasteiger charge is 2.46. The van der Waals surface area contributed by atoms with Crippen molar-refractivity contribution in [2.75, 3.05) is 53.0 Å². The van der Waals surface area contributed by atoms with E-state index in [9.17, 15) is 9.59 Å². The van der Waals surface area contributed by atoms with Gasteiger partial charge in [0.05, 0.1) is 18.1 Å². The molecule has 25 heavy (non-hydrogen) atoms. The third-order valence-corrected chi connectivity index (χ3v) is 6.33. The van der Waals surface area contributed by atoms with Gasteiger partial charge < -0.3 is 14.5 Å². The van der Waals surface area contributed by atoms with Gasteiger partial charge in [0.2, 0.25) is 11.8 Å². The Bertz CT molecular complexity index is 492.